The van der Waals surface area contributed by atoms with Gasteiger partial charge in [-0.05, 0) is 43.2 Å². The van der Waals surface area contributed by atoms with E-state index >= 15 is 0 Å². The SMILES string of the molecule is Cc1ccsc1C(=O)N[C@H]1CCCCNC1=O. The van der Waals surface area contributed by atoms with Crippen molar-refractivity contribution in [3.8, 4) is 0 Å². The zero-order valence-electron chi connectivity index (χ0n) is 9.79. The molecule has 0 saturated carbocycles. The van der Waals surface area contributed by atoms with Crippen LogP contribution in [0.4, 0.5) is 0 Å². The van der Waals surface area contributed by atoms with E-state index < -0.39 is 0 Å². The van der Waals surface area contributed by atoms with Gasteiger partial charge in [0.05, 0.1) is 4.88 Å². The summed E-state index contributed by atoms with van der Waals surface area (Å²) >= 11 is 1.41. The lowest BCUT2D eigenvalue weighted by Gasteiger charge is -2.14. The first-order valence-electron chi connectivity index (χ1n) is 5.81. The molecule has 2 amide bonds. The molecule has 17 heavy (non-hydrogen) atoms. The molecule has 4 nitrogen and oxygen atoms in total. The van der Waals surface area contributed by atoms with Crippen LogP contribution in [0.2, 0.25) is 0 Å². The number of hydrogen-bond donors (Lipinski definition) is 2. The minimum absolute atomic E-state index is 0.0648. The van der Waals surface area contributed by atoms with Crippen molar-refractivity contribution in [3.63, 3.8) is 0 Å². The second kappa shape index (κ2) is 5.31. The first-order chi connectivity index (χ1) is 8.18. The standard InChI is InChI=1S/C12H16N2O2S/c1-8-5-7-17-10(8)12(16)14-9-4-2-3-6-13-11(9)15/h5,7,9H,2-4,6H2,1H3,(H,13,15)(H,14,16)/t9-/m0/s1. The minimum atomic E-state index is -0.383. The van der Waals surface area contributed by atoms with Gasteiger partial charge >= 0.3 is 0 Å². The molecule has 1 aliphatic rings. The Bertz CT molecular complexity index is 428. The average Bonchev–Trinajstić information content (AvgIpc) is 2.63. The van der Waals surface area contributed by atoms with Gasteiger partial charge in [-0.2, -0.15) is 0 Å². The molecule has 1 fully saturated rings. The number of thiophene rings is 1. The molecule has 0 aliphatic carbocycles. The van der Waals surface area contributed by atoms with E-state index in [0.29, 0.717) is 11.4 Å². The summed E-state index contributed by atoms with van der Waals surface area (Å²) in [6, 6.07) is 1.53. The summed E-state index contributed by atoms with van der Waals surface area (Å²) in [7, 11) is 0. The summed E-state index contributed by atoms with van der Waals surface area (Å²) < 4.78 is 0. The van der Waals surface area contributed by atoms with Crippen LogP contribution in [-0.2, 0) is 4.79 Å². The summed E-state index contributed by atoms with van der Waals surface area (Å²) in [5, 5.41) is 7.51. The molecule has 2 N–H and O–H groups in total. The van der Waals surface area contributed by atoms with Crippen LogP contribution in [0.5, 0.6) is 0 Å². The van der Waals surface area contributed by atoms with E-state index in [0.717, 1.165) is 24.8 Å². The van der Waals surface area contributed by atoms with E-state index in [-0.39, 0.29) is 17.9 Å². The smallest absolute Gasteiger partial charge is 0.262 e. The second-order valence-electron chi connectivity index (χ2n) is 4.25. The molecule has 5 heteroatoms. The number of carbonyl (C=O) groups is 2. The number of aryl methyl sites for hydroxylation is 1. The Balaban J connectivity index is 2.02. The van der Waals surface area contributed by atoms with Gasteiger partial charge < -0.3 is 10.6 Å². The van der Waals surface area contributed by atoms with Gasteiger partial charge in [0.15, 0.2) is 0 Å². The van der Waals surface area contributed by atoms with E-state index in [2.05, 4.69) is 10.6 Å². The fraction of sp³-hybridized carbons (Fsp3) is 0.500. The number of nitrogens with one attached hydrogen (secondary N) is 2. The maximum atomic E-state index is 12.0. The van der Waals surface area contributed by atoms with E-state index in [1.54, 1.807) is 0 Å². The zero-order chi connectivity index (χ0) is 12.3. The Labute approximate surface area is 104 Å². The Morgan fingerprint density at radius 3 is 3.06 bits per heavy atom. The van der Waals surface area contributed by atoms with Crippen molar-refractivity contribution in [1.29, 1.82) is 0 Å². The van der Waals surface area contributed by atoms with Crippen molar-refractivity contribution in [2.45, 2.75) is 32.2 Å². The fourth-order valence-electron chi connectivity index (χ4n) is 1.91. The van der Waals surface area contributed by atoms with E-state index in [4.69, 9.17) is 0 Å². The molecule has 1 saturated heterocycles. The third-order valence-electron chi connectivity index (χ3n) is 2.91. The predicted octanol–water partition coefficient (Wildman–Crippen LogP) is 1.46. The second-order valence-corrected chi connectivity index (χ2v) is 5.16. The van der Waals surface area contributed by atoms with Gasteiger partial charge in [0, 0.05) is 6.54 Å². The van der Waals surface area contributed by atoms with Crippen molar-refractivity contribution in [2.75, 3.05) is 6.54 Å². The number of hydrogen-bond acceptors (Lipinski definition) is 3. The maximum absolute atomic E-state index is 12.0. The van der Waals surface area contributed by atoms with Gasteiger partial charge in [0.1, 0.15) is 6.04 Å². The van der Waals surface area contributed by atoms with Gasteiger partial charge in [-0.3, -0.25) is 9.59 Å². The van der Waals surface area contributed by atoms with Crippen LogP contribution in [-0.4, -0.2) is 24.4 Å². The Morgan fingerprint density at radius 2 is 2.35 bits per heavy atom. The highest BCUT2D eigenvalue weighted by atomic mass is 32.1. The molecular formula is C12H16N2O2S. The molecule has 1 aromatic rings. The van der Waals surface area contributed by atoms with Crippen LogP contribution in [0.3, 0.4) is 0 Å². The van der Waals surface area contributed by atoms with Gasteiger partial charge in [-0.1, -0.05) is 0 Å². The van der Waals surface area contributed by atoms with Crippen LogP contribution in [0.1, 0.15) is 34.5 Å². The monoisotopic (exact) mass is 252 g/mol. The van der Waals surface area contributed by atoms with Crippen LogP contribution in [0.15, 0.2) is 11.4 Å². The van der Waals surface area contributed by atoms with Crippen molar-refractivity contribution < 1.29 is 9.59 Å². The van der Waals surface area contributed by atoms with Gasteiger partial charge in [0.2, 0.25) is 5.91 Å². The quantitative estimate of drug-likeness (QED) is 0.837. The lowest BCUT2D eigenvalue weighted by Crippen LogP contribution is -2.45. The molecule has 0 spiro atoms. The fourth-order valence-corrected chi connectivity index (χ4v) is 2.73. The molecule has 2 rings (SSSR count). The third kappa shape index (κ3) is 2.85. The van der Waals surface area contributed by atoms with Crippen LogP contribution < -0.4 is 10.6 Å². The Kier molecular flexibility index (Phi) is 3.78. The van der Waals surface area contributed by atoms with Gasteiger partial charge in [-0.15, -0.1) is 11.3 Å². The van der Waals surface area contributed by atoms with E-state index in [1.807, 2.05) is 18.4 Å². The number of rotatable bonds is 2. The third-order valence-corrected chi connectivity index (χ3v) is 3.92. The molecule has 0 bridgehead atoms. The highest BCUT2D eigenvalue weighted by molar-refractivity contribution is 7.12. The molecule has 1 aliphatic heterocycles. The maximum Gasteiger partial charge on any atom is 0.262 e. The molecule has 1 aromatic heterocycles. The summed E-state index contributed by atoms with van der Waals surface area (Å²) in [5.41, 5.74) is 0.960. The molecule has 0 radical (unpaired) electrons. The lowest BCUT2D eigenvalue weighted by molar-refractivity contribution is -0.122. The van der Waals surface area contributed by atoms with Crippen molar-refractivity contribution in [1.82, 2.24) is 10.6 Å². The highest BCUT2D eigenvalue weighted by Crippen LogP contribution is 2.16. The lowest BCUT2D eigenvalue weighted by atomic mass is 10.1. The summed E-state index contributed by atoms with van der Waals surface area (Å²) in [6.45, 7) is 2.61. The summed E-state index contributed by atoms with van der Waals surface area (Å²) in [4.78, 5) is 24.4. The highest BCUT2D eigenvalue weighted by Gasteiger charge is 2.23. The summed E-state index contributed by atoms with van der Waals surface area (Å²) in [5.74, 6) is -0.204. The minimum Gasteiger partial charge on any atom is -0.354 e. The number of amides is 2. The first-order valence-corrected chi connectivity index (χ1v) is 6.69. The molecule has 1 atom stereocenters. The molecule has 2 heterocycles. The largest absolute Gasteiger partial charge is 0.354 e. The van der Waals surface area contributed by atoms with Crippen LogP contribution >= 0.6 is 11.3 Å². The molecular weight excluding hydrogens is 236 g/mol. The van der Waals surface area contributed by atoms with Gasteiger partial charge in [0.25, 0.3) is 5.91 Å². The predicted molar refractivity (Wildman–Crippen MR) is 67.2 cm³/mol. The molecule has 0 aromatic carbocycles. The zero-order valence-corrected chi connectivity index (χ0v) is 10.6. The normalized spacial score (nSPS) is 20.5. The van der Waals surface area contributed by atoms with Crippen LogP contribution in [0, 0.1) is 6.92 Å². The van der Waals surface area contributed by atoms with Gasteiger partial charge in [-0.25, -0.2) is 0 Å². The Morgan fingerprint density at radius 1 is 1.53 bits per heavy atom. The average molecular weight is 252 g/mol. The first kappa shape index (κ1) is 12.1. The van der Waals surface area contributed by atoms with Crippen molar-refractivity contribution in [2.24, 2.45) is 0 Å². The molecule has 0 unspecified atom stereocenters. The van der Waals surface area contributed by atoms with Crippen molar-refractivity contribution in [3.05, 3.63) is 21.9 Å². The topological polar surface area (TPSA) is 58.2 Å². The number of carbonyl (C=O) groups excluding carboxylic acids is 2. The van der Waals surface area contributed by atoms with Crippen molar-refractivity contribution >= 4 is 23.2 Å². The van der Waals surface area contributed by atoms with E-state index in [1.165, 1.54) is 11.3 Å². The Hall–Kier alpha value is -1.36. The summed E-state index contributed by atoms with van der Waals surface area (Å²) in [6.07, 6.45) is 2.67. The van der Waals surface area contributed by atoms with Crippen LogP contribution in [0.25, 0.3) is 0 Å². The molecule has 92 valence electrons. The van der Waals surface area contributed by atoms with E-state index in [9.17, 15) is 9.59 Å².